The second-order valence-corrected chi connectivity index (χ2v) is 7.46. The Morgan fingerprint density at radius 1 is 0.778 bits per heavy atom. The third-order valence-electron chi connectivity index (χ3n) is 5.20. The molecule has 1 aliphatic carbocycles. The van der Waals surface area contributed by atoms with Crippen molar-refractivity contribution < 1.29 is 5.11 Å². The fraction of sp³-hybridized carbons (Fsp3) is 0.200. The monoisotopic (exact) mass is 355 g/mol. The van der Waals surface area contributed by atoms with E-state index in [4.69, 9.17) is 0 Å². The van der Waals surface area contributed by atoms with Crippen molar-refractivity contribution in [2.45, 2.75) is 12.8 Å². The third-order valence-corrected chi connectivity index (χ3v) is 5.20. The van der Waals surface area contributed by atoms with Crippen LogP contribution in [-0.4, -0.2) is 30.6 Å². The van der Waals surface area contributed by atoms with Crippen molar-refractivity contribution in [3.8, 4) is 16.9 Å². The summed E-state index contributed by atoms with van der Waals surface area (Å²) in [7, 11) is 4.23. The van der Waals surface area contributed by atoms with Gasteiger partial charge >= 0.3 is 0 Å². The molecular formula is C25H25NO. The Morgan fingerprint density at radius 2 is 1.48 bits per heavy atom. The van der Waals surface area contributed by atoms with E-state index in [1.807, 2.05) is 12.1 Å². The summed E-state index contributed by atoms with van der Waals surface area (Å²) in [6.45, 7) is 0.931. The lowest BCUT2D eigenvalue weighted by atomic mass is 9.79. The number of aromatic hydroxyl groups is 1. The van der Waals surface area contributed by atoms with Crippen LogP contribution in [0, 0.1) is 0 Å². The number of rotatable bonds is 4. The molecule has 0 saturated carbocycles. The van der Waals surface area contributed by atoms with Gasteiger partial charge in [0.15, 0.2) is 0 Å². The third kappa shape index (κ3) is 3.54. The molecule has 2 heteroatoms. The molecule has 0 radical (unpaired) electrons. The molecule has 3 aromatic carbocycles. The van der Waals surface area contributed by atoms with Crippen molar-refractivity contribution in [3.63, 3.8) is 0 Å². The smallest absolute Gasteiger partial charge is 0.116 e. The first-order chi connectivity index (χ1) is 13.1. The number of likely N-dealkylation sites (N-methyl/N-ethyl adjacent to an activating group) is 1. The predicted molar refractivity (Wildman–Crippen MR) is 113 cm³/mol. The maximum atomic E-state index is 10.1. The van der Waals surface area contributed by atoms with Gasteiger partial charge in [-0.2, -0.15) is 0 Å². The average molecular weight is 355 g/mol. The normalized spacial score (nSPS) is 13.7. The molecule has 0 saturated heterocycles. The number of hydrogen-bond donors (Lipinski definition) is 1. The summed E-state index contributed by atoms with van der Waals surface area (Å²) in [6, 6.07) is 24.9. The largest absolute Gasteiger partial charge is 0.508 e. The first-order valence-corrected chi connectivity index (χ1v) is 9.47. The van der Waals surface area contributed by atoms with Crippen LogP contribution in [-0.2, 0) is 6.42 Å². The summed E-state index contributed by atoms with van der Waals surface area (Å²) in [5, 5.41) is 10.1. The van der Waals surface area contributed by atoms with Crippen molar-refractivity contribution >= 4 is 5.57 Å². The molecule has 27 heavy (non-hydrogen) atoms. The molecule has 0 bridgehead atoms. The number of benzene rings is 3. The molecular weight excluding hydrogens is 330 g/mol. The fourth-order valence-corrected chi connectivity index (χ4v) is 4.13. The minimum Gasteiger partial charge on any atom is -0.508 e. The topological polar surface area (TPSA) is 23.5 Å². The van der Waals surface area contributed by atoms with Gasteiger partial charge in [-0.15, -0.1) is 0 Å². The van der Waals surface area contributed by atoms with Crippen molar-refractivity contribution in [2.75, 3.05) is 20.6 Å². The van der Waals surface area contributed by atoms with E-state index < -0.39 is 0 Å². The van der Waals surface area contributed by atoms with Gasteiger partial charge in [-0.3, -0.25) is 0 Å². The molecule has 0 fully saturated rings. The van der Waals surface area contributed by atoms with Crippen LogP contribution in [0.3, 0.4) is 0 Å². The van der Waals surface area contributed by atoms with Crippen LogP contribution in [0.4, 0.5) is 0 Å². The second-order valence-electron chi connectivity index (χ2n) is 7.46. The van der Waals surface area contributed by atoms with Gasteiger partial charge in [0.1, 0.15) is 5.75 Å². The number of nitrogens with zero attached hydrogens (tertiary/aromatic N) is 1. The van der Waals surface area contributed by atoms with Crippen molar-refractivity contribution in [1.82, 2.24) is 4.90 Å². The van der Waals surface area contributed by atoms with Gasteiger partial charge < -0.3 is 10.0 Å². The van der Waals surface area contributed by atoms with E-state index in [0.717, 1.165) is 24.9 Å². The molecule has 0 unspecified atom stereocenters. The van der Waals surface area contributed by atoms with Crippen LogP contribution >= 0.6 is 0 Å². The highest BCUT2D eigenvalue weighted by atomic mass is 16.3. The van der Waals surface area contributed by atoms with Crippen LogP contribution < -0.4 is 0 Å². The van der Waals surface area contributed by atoms with E-state index in [1.165, 1.54) is 33.4 Å². The molecule has 2 nitrogen and oxygen atoms in total. The number of phenols is 1. The van der Waals surface area contributed by atoms with Gasteiger partial charge in [0.25, 0.3) is 0 Å². The summed E-state index contributed by atoms with van der Waals surface area (Å²) in [5.74, 6) is 0.315. The lowest BCUT2D eigenvalue weighted by molar-refractivity contribution is 0.439. The Morgan fingerprint density at radius 3 is 2.22 bits per heavy atom. The van der Waals surface area contributed by atoms with Gasteiger partial charge in [0, 0.05) is 6.54 Å². The summed E-state index contributed by atoms with van der Waals surface area (Å²) < 4.78 is 0. The average Bonchev–Trinajstić information content (AvgIpc) is 2.67. The zero-order valence-corrected chi connectivity index (χ0v) is 15.9. The van der Waals surface area contributed by atoms with E-state index >= 15 is 0 Å². The molecule has 3 aromatic rings. The van der Waals surface area contributed by atoms with Crippen LogP contribution in [0.15, 0.2) is 78.4 Å². The van der Waals surface area contributed by atoms with E-state index in [1.54, 1.807) is 6.07 Å². The second kappa shape index (κ2) is 7.42. The maximum Gasteiger partial charge on any atom is 0.116 e. The summed E-state index contributed by atoms with van der Waals surface area (Å²) in [5.41, 5.74) is 9.09. The SMILES string of the molecule is CN(C)CC1=C(c2cccc(O)c2)c2cccc(-c3ccccc3)c2CC1. The molecule has 0 heterocycles. The van der Waals surface area contributed by atoms with Crippen LogP contribution in [0.2, 0.25) is 0 Å². The molecule has 1 aliphatic rings. The Bertz CT molecular complexity index is 986. The highest BCUT2D eigenvalue weighted by molar-refractivity contribution is 5.88. The maximum absolute atomic E-state index is 10.1. The van der Waals surface area contributed by atoms with Crippen LogP contribution in [0.5, 0.6) is 5.75 Å². The molecule has 0 aromatic heterocycles. The highest BCUT2D eigenvalue weighted by Crippen LogP contribution is 2.41. The van der Waals surface area contributed by atoms with Gasteiger partial charge in [-0.1, -0.05) is 60.7 Å². The minimum atomic E-state index is 0.315. The summed E-state index contributed by atoms with van der Waals surface area (Å²) >= 11 is 0. The molecule has 4 rings (SSSR count). The molecule has 0 atom stereocenters. The van der Waals surface area contributed by atoms with Crippen molar-refractivity contribution in [2.24, 2.45) is 0 Å². The van der Waals surface area contributed by atoms with Crippen LogP contribution in [0.25, 0.3) is 16.7 Å². The van der Waals surface area contributed by atoms with Crippen LogP contribution in [0.1, 0.15) is 23.1 Å². The van der Waals surface area contributed by atoms with E-state index in [2.05, 4.69) is 73.6 Å². The standard InChI is InChI=1S/C25H25NO/c1-26(2)17-20-14-15-23-22(18-8-4-3-5-9-18)12-7-13-24(23)25(20)19-10-6-11-21(27)16-19/h3-13,16,27H,14-15,17H2,1-2H3. The molecule has 1 N–H and O–H groups in total. The molecule has 0 aliphatic heterocycles. The van der Waals surface area contributed by atoms with E-state index in [-0.39, 0.29) is 0 Å². The van der Waals surface area contributed by atoms with Gasteiger partial charge in [0.2, 0.25) is 0 Å². The van der Waals surface area contributed by atoms with Gasteiger partial charge in [-0.05, 0) is 78.0 Å². The predicted octanol–water partition coefficient (Wildman–Crippen LogP) is 5.37. The Kier molecular flexibility index (Phi) is 4.83. The molecule has 0 amide bonds. The minimum absolute atomic E-state index is 0.315. The number of fused-ring (bicyclic) bond motifs is 1. The van der Waals surface area contributed by atoms with Gasteiger partial charge in [-0.25, -0.2) is 0 Å². The zero-order valence-electron chi connectivity index (χ0n) is 15.9. The lowest BCUT2D eigenvalue weighted by Gasteiger charge is -2.28. The Hall–Kier alpha value is -2.84. The van der Waals surface area contributed by atoms with E-state index in [9.17, 15) is 5.11 Å². The van der Waals surface area contributed by atoms with Crippen molar-refractivity contribution in [3.05, 3.63) is 95.1 Å². The lowest BCUT2D eigenvalue weighted by Crippen LogP contribution is -2.19. The Labute approximate surface area is 161 Å². The van der Waals surface area contributed by atoms with Gasteiger partial charge in [0.05, 0.1) is 0 Å². The quantitative estimate of drug-likeness (QED) is 0.680. The summed E-state index contributed by atoms with van der Waals surface area (Å²) in [6.07, 6.45) is 2.09. The molecule has 0 spiro atoms. The number of phenolic OH excluding ortho intramolecular Hbond substituents is 1. The molecule has 136 valence electrons. The summed E-state index contributed by atoms with van der Waals surface area (Å²) in [4.78, 5) is 2.23. The Balaban J connectivity index is 1.93. The number of hydrogen-bond acceptors (Lipinski definition) is 2. The highest BCUT2D eigenvalue weighted by Gasteiger charge is 2.23. The first kappa shape index (κ1) is 17.6. The van der Waals surface area contributed by atoms with Crippen molar-refractivity contribution in [1.29, 1.82) is 0 Å². The van der Waals surface area contributed by atoms with E-state index in [0.29, 0.717) is 5.75 Å². The zero-order chi connectivity index (χ0) is 18.8. The first-order valence-electron chi connectivity index (χ1n) is 9.47. The fourth-order valence-electron chi connectivity index (χ4n) is 4.13.